The van der Waals surface area contributed by atoms with E-state index < -0.39 is 0 Å². The molecular weight excluding hydrogens is 378 g/mol. The van der Waals surface area contributed by atoms with Gasteiger partial charge in [-0.1, -0.05) is 48.5 Å². The lowest BCUT2D eigenvalue weighted by molar-refractivity contribution is -0.123. The van der Waals surface area contributed by atoms with Gasteiger partial charge in [0.1, 0.15) is 5.75 Å². The molecule has 6 nitrogen and oxygen atoms in total. The minimum Gasteiger partial charge on any atom is -0.483 e. The van der Waals surface area contributed by atoms with Crippen molar-refractivity contribution in [2.75, 3.05) is 11.9 Å². The number of nitrogens with zero attached hydrogens (tertiary/aromatic N) is 1. The zero-order chi connectivity index (χ0) is 21.3. The summed E-state index contributed by atoms with van der Waals surface area (Å²) in [5, 5.41) is 6.99. The molecule has 0 aliphatic rings. The van der Waals surface area contributed by atoms with Crippen LogP contribution in [-0.4, -0.2) is 24.1 Å². The van der Waals surface area contributed by atoms with Crippen LogP contribution in [-0.2, 0) is 4.79 Å². The fourth-order valence-electron chi connectivity index (χ4n) is 2.72. The second-order valence-corrected chi connectivity index (χ2v) is 6.69. The molecule has 3 aromatic carbocycles. The number of nitrogens with one attached hydrogen (secondary N) is 2. The number of carbonyl (C=O) groups is 2. The first-order valence-electron chi connectivity index (χ1n) is 9.51. The number of hydrogen-bond donors (Lipinski definition) is 2. The molecule has 0 aliphatic heterocycles. The number of benzene rings is 3. The summed E-state index contributed by atoms with van der Waals surface area (Å²) in [6.07, 6.45) is 0. The van der Waals surface area contributed by atoms with Gasteiger partial charge in [0.25, 0.3) is 11.8 Å². The molecule has 0 atom stereocenters. The van der Waals surface area contributed by atoms with Crippen LogP contribution in [0.4, 0.5) is 5.69 Å². The summed E-state index contributed by atoms with van der Waals surface area (Å²) in [6, 6.07) is 23.7. The van der Waals surface area contributed by atoms with Crippen molar-refractivity contribution in [3.05, 3.63) is 95.6 Å². The number of anilines is 1. The zero-order valence-electron chi connectivity index (χ0n) is 16.9. The van der Waals surface area contributed by atoms with Crippen LogP contribution in [0.2, 0.25) is 0 Å². The number of rotatable bonds is 7. The Labute approximate surface area is 175 Å². The molecule has 30 heavy (non-hydrogen) atoms. The Balaban J connectivity index is 1.58. The molecular formula is C24H23N3O3. The monoisotopic (exact) mass is 401 g/mol. The molecule has 0 aromatic heterocycles. The van der Waals surface area contributed by atoms with Crippen LogP contribution in [0.3, 0.4) is 0 Å². The van der Waals surface area contributed by atoms with Crippen molar-refractivity contribution in [2.24, 2.45) is 5.10 Å². The Morgan fingerprint density at radius 1 is 0.900 bits per heavy atom. The van der Waals surface area contributed by atoms with Crippen LogP contribution >= 0.6 is 0 Å². The van der Waals surface area contributed by atoms with Gasteiger partial charge in [0, 0.05) is 11.3 Å². The molecule has 0 heterocycles. The van der Waals surface area contributed by atoms with E-state index in [0.29, 0.717) is 22.7 Å². The summed E-state index contributed by atoms with van der Waals surface area (Å²) >= 11 is 0. The van der Waals surface area contributed by atoms with Gasteiger partial charge in [-0.15, -0.1) is 0 Å². The van der Waals surface area contributed by atoms with Crippen LogP contribution in [0.15, 0.2) is 84.0 Å². The fraction of sp³-hybridized carbons (Fsp3) is 0.125. The van der Waals surface area contributed by atoms with Gasteiger partial charge in [-0.25, -0.2) is 5.43 Å². The number of hydrazone groups is 1. The third-order valence-corrected chi connectivity index (χ3v) is 4.37. The minimum atomic E-state index is -0.355. The van der Waals surface area contributed by atoms with Crippen molar-refractivity contribution >= 4 is 23.2 Å². The number of para-hydroxylation sites is 1. The quantitative estimate of drug-likeness (QED) is 0.461. The van der Waals surface area contributed by atoms with Gasteiger partial charge >= 0.3 is 0 Å². The van der Waals surface area contributed by atoms with E-state index in [1.54, 1.807) is 31.2 Å². The lowest BCUT2D eigenvalue weighted by Crippen LogP contribution is -2.25. The van der Waals surface area contributed by atoms with Crippen molar-refractivity contribution in [3.8, 4) is 5.75 Å². The Morgan fingerprint density at radius 2 is 1.60 bits per heavy atom. The Hall–Kier alpha value is -3.93. The highest BCUT2D eigenvalue weighted by molar-refractivity contribution is 6.05. The predicted octanol–water partition coefficient (Wildman–Crippen LogP) is 4.17. The molecule has 2 N–H and O–H groups in total. The molecule has 152 valence electrons. The summed E-state index contributed by atoms with van der Waals surface area (Å²) in [6.45, 7) is 3.56. The van der Waals surface area contributed by atoms with Crippen LogP contribution in [0.25, 0.3) is 0 Å². The van der Waals surface area contributed by atoms with Crippen LogP contribution < -0.4 is 15.5 Å². The van der Waals surface area contributed by atoms with Crippen LogP contribution in [0.5, 0.6) is 5.75 Å². The molecule has 0 bridgehead atoms. The smallest absolute Gasteiger partial charge is 0.277 e. The first kappa shape index (κ1) is 20.8. The maximum Gasteiger partial charge on any atom is 0.277 e. The first-order valence-corrected chi connectivity index (χ1v) is 9.51. The van der Waals surface area contributed by atoms with Gasteiger partial charge < -0.3 is 10.1 Å². The normalized spacial score (nSPS) is 10.9. The number of aryl methyl sites for hydroxylation is 1. The highest BCUT2D eigenvalue weighted by Crippen LogP contribution is 2.16. The lowest BCUT2D eigenvalue weighted by Gasteiger charge is -2.09. The molecule has 0 aliphatic carbocycles. The van der Waals surface area contributed by atoms with Crippen molar-refractivity contribution < 1.29 is 14.3 Å². The average Bonchev–Trinajstić information content (AvgIpc) is 2.77. The second kappa shape index (κ2) is 10.0. The third kappa shape index (κ3) is 5.78. The van der Waals surface area contributed by atoms with Crippen molar-refractivity contribution in [1.82, 2.24) is 5.43 Å². The van der Waals surface area contributed by atoms with Crippen LogP contribution in [0.1, 0.15) is 28.4 Å². The van der Waals surface area contributed by atoms with E-state index in [1.165, 1.54) is 0 Å². The lowest BCUT2D eigenvalue weighted by atomic mass is 10.1. The van der Waals surface area contributed by atoms with Crippen molar-refractivity contribution in [2.45, 2.75) is 13.8 Å². The van der Waals surface area contributed by atoms with E-state index in [2.05, 4.69) is 15.8 Å². The van der Waals surface area contributed by atoms with E-state index in [9.17, 15) is 9.59 Å². The standard InChI is InChI=1S/C24H23N3O3/c1-17-9-6-7-14-22(17)30-16-23(28)27-26-18(2)20-12-8-13-21(15-20)25-24(29)19-10-4-3-5-11-19/h3-15H,16H2,1-2H3,(H,25,29)(H,27,28)/b26-18-. The zero-order valence-corrected chi connectivity index (χ0v) is 16.9. The number of ether oxygens (including phenoxy) is 1. The van der Waals surface area contributed by atoms with E-state index >= 15 is 0 Å². The summed E-state index contributed by atoms with van der Waals surface area (Å²) in [4.78, 5) is 24.3. The maximum atomic E-state index is 12.3. The molecule has 3 rings (SSSR count). The minimum absolute atomic E-state index is 0.130. The SMILES string of the molecule is C/C(=N/NC(=O)COc1ccccc1C)c1cccc(NC(=O)c2ccccc2)c1. The number of hydrogen-bond acceptors (Lipinski definition) is 4. The Morgan fingerprint density at radius 3 is 2.37 bits per heavy atom. The largest absolute Gasteiger partial charge is 0.483 e. The first-order chi connectivity index (χ1) is 14.5. The van der Waals surface area contributed by atoms with E-state index in [4.69, 9.17) is 4.74 Å². The molecule has 0 spiro atoms. The molecule has 0 saturated carbocycles. The van der Waals surface area contributed by atoms with E-state index in [-0.39, 0.29) is 18.4 Å². The second-order valence-electron chi connectivity index (χ2n) is 6.69. The molecule has 0 fully saturated rings. The molecule has 0 saturated heterocycles. The maximum absolute atomic E-state index is 12.3. The summed E-state index contributed by atoms with van der Waals surface area (Å²) in [7, 11) is 0. The third-order valence-electron chi connectivity index (χ3n) is 4.37. The molecule has 3 aromatic rings. The topological polar surface area (TPSA) is 79.8 Å². The number of carbonyl (C=O) groups excluding carboxylic acids is 2. The summed E-state index contributed by atoms with van der Waals surface area (Å²) < 4.78 is 5.51. The summed E-state index contributed by atoms with van der Waals surface area (Å²) in [5.41, 5.74) is 6.06. The van der Waals surface area contributed by atoms with Gasteiger partial charge in [0.2, 0.25) is 0 Å². The molecule has 2 amide bonds. The van der Waals surface area contributed by atoms with Gasteiger partial charge in [-0.05, 0) is 55.3 Å². The Bertz CT molecular complexity index is 1060. The predicted molar refractivity (Wildman–Crippen MR) is 118 cm³/mol. The van der Waals surface area contributed by atoms with Gasteiger partial charge in [-0.2, -0.15) is 5.10 Å². The fourth-order valence-corrected chi connectivity index (χ4v) is 2.72. The highest BCUT2D eigenvalue weighted by Gasteiger charge is 2.07. The molecule has 0 radical (unpaired) electrons. The number of amides is 2. The highest BCUT2D eigenvalue weighted by atomic mass is 16.5. The average molecular weight is 401 g/mol. The van der Waals surface area contributed by atoms with Crippen molar-refractivity contribution in [1.29, 1.82) is 0 Å². The van der Waals surface area contributed by atoms with E-state index in [1.807, 2.05) is 61.5 Å². The van der Waals surface area contributed by atoms with Gasteiger partial charge in [0.15, 0.2) is 6.61 Å². The van der Waals surface area contributed by atoms with Crippen molar-refractivity contribution in [3.63, 3.8) is 0 Å². The molecule has 0 unspecified atom stereocenters. The molecule has 6 heteroatoms. The Kier molecular flexibility index (Phi) is 6.95. The van der Waals surface area contributed by atoms with Crippen LogP contribution in [0, 0.1) is 6.92 Å². The van der Waals surface area contributed by atoms with Gasteiger partial charge in [0.05, 0.1) is 5.71 Å². The van der Waals surface area contributed by atoms with Gasteiger partial charge in [-0.3, -0.25) is 9.59 Å². The summed E-state index contributed by atoms with van der Waals surface area (Å²) in [5.74, 6) is 0.116. The van der Waals surface area contributed by atoms with E-state index in [0.717, 1.165) is 11.1 Å².